The second-order valence-electron chi connectivity index (χ2n) is 4.20. The zero-order chi connectivity index (χ0) is 15.2. The number of carbonyl (C=O) groups is 1. The highest BCUT2D eigenvalue weighted by molar-refractivity contribution is 9.08. The summed E-state index contributed by atoms with van der Waals surface area (Å²) in [7, 11) is 0. The lowest BCUT2D eigenvalue weighted by Gasteiger charge is -2.13. The molecular formula is C16H14BrClO3. The Labute approximate surface area is 137 Å². The molecule has 0 saturated carbocycles. The third kappa shape index (κ3) is 3.99. The van der Waals surface area contributed by atoms with E-state index in [1.54, 1.807) is 37.3 Å². The zero-order valence-electron chi connectivity index (χ0n) is 11.4. The van der Waals surface area contributed by atoms with Crippen LogP contribution in [-0.4, -0.2) is 12.6 Å². The van der Waals surface area contributed by atoms with E-state index in [0.29, 0.717) is 34.0 Å². The molecule has 0 saturated heterocycles. The molecule has 2 rings (SSSR count). The van der Waals surface area contributed by atoms with Crippen LogP contribution in [0, 0.1) is 0 Å². The summed E-state index contributed by atoms with van der Waals surface area (Å²) in [5.41, 5.74) is 1.26. The number of ether oxygens (including phenoxy) is 2. The molecule has 0 bridgehead atoms. The van der Waals surface area contributed by atoms with Crippen LogP contribution in [0.5, 0.6) is 11.5 Å². The number of benzene rings is 2. The summed E-state index contributed by atoms with van der Waals surface area (Å²) in [6, 6.07) is 12.4. The smallest absolute Gasteiger partial charge is 0.342 e. The van der Waals surface area contributed by atoms with E-state index in [-0.39, 0.29) is 0 Å². The highest BCUT2D eigenvalue weighted by Gasteiger charge is 2.18. The maximum absolute atomic E-state index is 12.1. The predicted molar refractivity (Wildman–Crippen MR) is 86.6 cm³/mol. The van der Waals surface area contributed by atoms with Crippen molar-refractivity contribution in [2.75, 3.05) is 6.61 Å². The van der Waals surface area contributed by atoms with Crippen LogP contribution in [0.15, 0.2) is 42.5 Å². The van der Waals surface area contributed by atoms with Crippen LogP contribution in [0.1, 0.15) is 22.8 Å². The Morgan fingerprint density at radius 1 is 1.19 bits per heavy atom. The molecule has 110 valence electrons. The molecule has 0 N–H and O–H groups in total. The van der Waals surface area contributed by atoms with Crippen molar-refractivity contribution in [2.45, 2.75) is 12.3 Å². The Morgan fingerprint density at radius 2 is 1.90 bits per heavy atom. The van der Waals surface area contributed by atoms with Crippen LogP contribution >= 0.6 is 27.5 Å². The summed E-state index contributed by atoms with van der Waals surface area (Å²) < 4.78 is 10.9. The van der Waals surface area contributed by atoms with Crippen LogP contribution in [0.4, 0.5) is 0 Å². The Kier molecular flexibility index (Phi) is 5.65. The number of esters is 1. The van der Waals surface area contributed by atoms with Crippen molar-refractivity contribution in [3.8, 4) is 11.5 Å². The Morgan fingerprint density at radius 3 is 2.52 bits per heavy atom. The molecule has 5 heteroatoms. The molecule has 0 atom stereocenters. The maximum atomic E-state index is 12.1. The zero-order valence-corrected chi connectivity index (χ0v) is 13.8. The van der Waals surface area contributed by atoms with Crippen LogP contribution in [0.2, 0.25) is 5.02 Å². The van der Waals surface area contributed by atoms with Gasteiger partial charge in [-0.25, -0.2) is 4.79 Å². The van der Waals surface area contributed by atoms with Gasteiger partial charge in [0.15, 0.2) is 0 Å². The molecule has 0 radical (unpaired) electrons. The van der Waals surface area contributed by atoms with E-state index < -0.39 is 5.97 Å². The molecule has 2 aromatic carbocycles. The van der Waals surface area contributed by atoms with Gasteiger partial charge in [-0.15, -0.1) is 0 Å². The molecular weight excluding hydrogens is 356 g/mol. The minimum atomic E-state index is -0.392. The number of carbonyl (C=O) groups excluding carboxylic acids is 1. The van der Waals surface area contributed by atoms with Crippen LogP contribution in [0.25, 0.3) is 0 Å². The SMILES string of the molecule is CCOC(=O)c1c(CBr)cccc1Oc1ccc(Cl)cc1. The monoisotopic (exact) mass is 368 g/mol. The van der Waals surface area contributed by atoms with Gasteiger partial charge in [0.1, 0.15) is 17.1 Å². The predicted octanol–water partition coefficient (Wildman–Crippen LogP) is 5.20. The van der Waals surface area contributed by atoms with E-state index in [2.05, 4.69) is 15.9 Å². The fraction of sp³-hybridized carbons (Fsp3) is 0.188. The standard InChI is InChI=1S/C16H14BrClO3/c1-2-20-16(19)15-11(10-17)4-3-5-14(15)21-13-8-6-12(18)7-9-13/h3-9H,2,10H2,1H3. The summed E-state index contributed by atoms with van der Waals surface area (Å²) in [5.74, 6) is 0.681. The molecule has 0 aliphatic rings. The summed E-state index contributed by atoms with van der Waals surface area (Å²) >= 11 is 9.23. The molecule has 21 heavy (non-hydrogen) atoms. The normalized spacial score (nSPS) is 10.2. The molecule has 0 fully saturated rings. The minimum absolute atomic E-state index is 0.315. The topological polar surface area (TPSA) is 35.5 Å². The van der Waals surface area contributed by atoms with Gasteiger partial charge in [-0.05, 0) is 42.8 Å². The van der Waals surface area contributed by atoms with Crippen molar-refractivity contribution in [2.24, 2.45) is 0 Å². The average Bonchev–Trinajstić information content (AvgIpc) is 2.49. The Bertz CT molecular complexity index is 626. The molecule has 0 aromatic heterocycles. The Balaban J connectivity index is 2.38. The van der Waals surface area contributed by atoms with E-state index in [0.717, 1.165) is 5.56 Å². The second kappa shape index (κ2) is 7.48. The van der Waals surface area contributed by atoms with Gasteiger partial charge in [0.25, 0.3) is 0 Å². The molecule has 0 heterocycles. The van der Waals surface area contributed by atoms with Gasteiger partial charge in [-0.3, -0.25) is 0 Å². The highest BCUT2D eigenvalue weighted by Crippen LogP contribution is 2.30. The number of alkyl halides is 1. The first-order chi connectivity index (χ1) is 10.2. The van der Waals surface area contributed by atoms with Crippen LogP contribution < -0.4 is 4.74 Å². The maximum Gasteiger partial charge on any atom is 0.342 e. The molecule has 0 amide bonds. The van der Waals surface area contributed by atoms with Crippen molar-refractivity contribution in [1.29, 1.82) is 0 Å². The van der Waals surface area contributed by atoms with Crippen LogP contribution in [0.3, 0.4) is 0 Å². The molecule has 3 nitrogen and oxygen atoms in total. The first kappa shape index (κ1) is 15.9. The minimum Gasteiger partial charge on any atom is -0.462 e. The largest absolute Gasteiger partial charge is 0.462 e. The van der Waals surface area contributed by atoms with Gasteiger partial charge in [0.2, 0.25) is 0 Å². The summed E-state index contributed by atoms with van der Waals surface area (Å²) in [5, 5.41) is 1.17. The molecule has 2 aromatic rings. The quantitative estimate of drug-likeness (QED) is 0.536. The van der Waals surface area contributed by atoms with Crippen molar-refractivity contribution in [1.82, 2.24) is 0 Å². The molecule has 0 aliphatic heterocycles. The van der Waals surface area contributed by atoms with Gasteiger partial charge in [0, 0.05) is 10.4 Å². The fourth-order valence-corrected chi connectivity index (χ4v) is 2.43. The number of hydrogen-bond acceptors (Lipinski definition) is 3. The third-order valence-electron chi connectivity index (χ3n) is 2.78. The van der Waals surface area contributed by atoms with Gasteiger partial charge in [-0.2, -0.15) is 0 Å². The first-order valence-corrected chi connectivity index (χ1v) is 7.94. The lowest BCUT2D eigenvalue weighted by Crippen LogP contribution is -2.09. The second-order valence-corrected chi connectivity index (χ2v) is 5.20. The number of rotatable bonds is 5. The summed E-state index contributed by atoms with van der Waals surface area (Å²) in [6.45, 7) is 2.09. The molecule has 0 unspecified atom stereocenters. The van der Waals surface area contributed by atoms with Crippen LogP contribution in [-0.2, 0) is 10.1 Å². The number of halogens is 2. The van der Waals surface area contributed by atoms with E-state index >= 15 is 0 Å². The van der Waals surface area contributed by atoms with E-state index in [1.165, 1.54) is 0 Å². The fourth-order valence-electron chi connectivity index (χ4n) is 1.84. The van der Waals surface area contributed by atoms with Crippen molar-refractivity contribution < 1.29 is 14.3 Å². The van der Waals surface area contributed by atoms with E-state index in [1.807, 2.05) is 12.1 Å². The van der Waals surface area contributed by atoms with E-state index in [4.69, 9.17) is 21.1 Å². The van der Waals surface area contributed by atoms with Crippen molar-refractivity contribution >= 4 is 33.5 Å². The van der Waals surface area contributed by atoms with Gasteiger partial charge in [-0.1, -0.05) is 39.7 Å². The van der Waals surface area contributed by atoms with Crippen molar-refractivity contribution in [3.05, 3.63) is 58.6 Å². The highest BCUT2D eigenvalue weighted by atomic mass is 79.9. The lowest BCUT2D eigenvalue weighted by molar-refractivity contribution is 0.0522. The van der Waals surface area contributed by atoms with Gasteiger partial charge < -0.3 is 9.47 Å². The van der Waals surface area contributed by atoms with Gasteiger partial charge in [0.05, 0.1) is 6.61 Å². The number of hydrogen-bond donors (Lipinski definition) is 0. The Hall–Kier alpha value is -1.52. The average molecular weight is 370 g/mol. The van der Waals surface area contributed by atoms with Gasteiger partial charge >= 0.3 is 5.97 Å². The summed E-state index contributed by atoms with van der Waals surface area (Å²) in [4.78, 5) is 12.1. The molecule has 0 aliphatic carbocycles. The third-order valence-corrected chi connectivity index (χ3v) is 3.63. The van der Waals surface area contributed by atoms with Crippen molar-refractivity contribution in [3.63, 3.8) is 0 Å². The lowest BCUT2D eigenvalue weighted by atomic mass is 10.1. The summed E-state index contributed by atoms with van der Waals surface area (Å²) in [6.07, 6.45) is 0. The van der Waals surface area contributed by atoms with E-state index in [9.17, 15) is 4.79 Å². The first-order valence-electron chi connectivity index (χ1n) is 6.44. The molecule has 0 spiro atoms.